The van der Waals surface area contributed by atoms with Crippen molar-refractivity contribution < 1.29 is 18.9 Å². The predicted octanol–water partition coefficient (Wildman–Crippen LogP) is 1.60. The van der Waals surface area contributed by atoms with Gasteiger partial charge in [-0.25, -0.2) is 14.3 Å². The van der Waals surface area contributed by atoms with Gasteiger partial charge >= 0.3 is 12.0 Å². The molecule has 0 spiro atoms. The van der Waals surface area contributed by atoms with Crippen LogP contribution in [0.25, 0.3) is 0 Å². The number of hydrogen-bond donors (Lipinski definition) is 0. The molecule has 3 aliphatic rings. The summed E-state index contributed by atoms with van der Waals surface area (Å²) in [5.41, 5.74) is 0.906. The van der Waals surface area contributed by atoms with Gasteiger partial charge in [-0.2, -0.15) is 0 Å². The van der Waals surface area contributed by atoms with E-state index in [0.29, 0.717) is 37.3 Å². The van der Waals surface area contributed by atoms with E-state index in [1.807, 2.05) is 33.7 Å². The van der Waals surface area contributed by atoms with Gasteiger partial charge in [-0.1, -0.05) is 31.0 Å². The number of likely N-dealkylation sites (N-methyl/N-ethyl adjacent to an activating group) is 1. The molecule has 148 valence electrons. The highest BCUT2D eigenvalue weighted by molar-refractivity contribution is 6.24. The summed E-state index contributed by atoms with van der Waals surface area (Å²) in [6, 6.07) is 6.91. The quantitative estimate of drug-likeness (QED) is 0.724. The number of nitrogens with zero attached hydrogens (tertiary/aromatic N) is 5. The van der Waals surface area contributed by atoms with Crippen molar-refractivity contribution in [1.29, 1.82) is 0 Å². The lowest BCUT2D eigenvalue weighted by Crippen LogP contribution is -2.62. The van der Waals surface area contributed by atoms with E-state index in [1.165, 1.54) is 9.80 Å². The molecule has 3 heterocycles. The monoisotopic (exact) mass is 384 g/mol. The van der Waals surface area contributed by atoms with E-state index >= 15 is 0 Å². The van der Waals surface area contributed by atoms with E-state index in [-0.39, 0.29) is 11.9 Å². The summed E-state index contributed by atoms with van der Waals surface area (Å²) in [6.07, 6.45) is 0.786. The van der Waals surface area contributed by atoms with Gasteiger partial charge < -0.3 is 4.74 Å². The number of amides is 3. The average molecular weight is 384 g/mol. The molecule has 0 aromatic heterocycles. The number of rotatable bonds is 5. The number of amidine groups is 1. The number of carbonyl (C=O) groups excluding carboxylic acids is 2. The third-order valence-corrected chi connectivity index (χ3v) is 5.50. The van der Waals surface area contributed by atoms with Gasteiger partial charge in [0, 0.05) is 13.6 Å². The zero-order valence-corrected chi connectivity index (χ0v) is 16.8. The lowest BCUT2D eigenvalue weighted by atomic mass is 10.1. The van der Waals surface area contributed by atoms with Crippen molar-refractivity contribution in [1.82, 2.24) is 9.80 Å². The second-order valence-corrected chi connectivity index (χ2v) is 7.70. The van der Waals surface area contributed by atoms with E-state index in [4.69, 9.17) is 9.73 Å². The van der Waals surface area contributed by atoms with Gasteiger partial charge in [0.25, 0.3) is 5.91 Å². The molecule has 1 aromatic carbocycles. The van der Waals surface area contributed by atoms with Crippen molar-refractivity contribution in [2.45, 2.75) is 26.3 Å². The van der Waals surface area contributed by atoms with Crippen molar-refractivity contribution in [2.75, 3.05) is 38.7 Å². The average Bonchev–Trinajstić information content (AvgIpc) is 3.25. The Labute approximate surface area is 164 Å². The molecule has 0 aliphatic carbocycles. The van der Waals surface area contributed by atoms with Crippen LogP contribution in [-0.4, -0.2) is 77.9 Å². The highest BCUT2D eigenvalue weighted by Crippen LogP contribution is 2.32. The Balaban J connectivity index is 1.69. The van der Waals surface area contributed by atoms with E-state index in [0.717, 1.165) is 17.9 Å². The number of methoxy groups -OCH3 is 1. The first kappa shape index (κ1) is 18.5. The minimum Gasteiger partial charge on any atom is -0.493 e. The number of carbonyl (C=O) groups is 2. The topological polar surface area (TPSA) is 68.5 Å². The van der Waals surface area contributed by atoms with Crippen LogP contribution in [0.4, 0.5) is 10.5 Å². The molecule has 1 fully saturated rings. The third-order valence-electron chi connectivity index (χ3n) is 5.50. The van der Waals surface area contributed by atoms with Crippen molar-refractivity contribution in [3.05, 3.63) is 24.3 Å². The molecular formula is C20H26N5O3+. The van der Waals surface area contributed by atoms with Gasteiger partial charge in [0.05, 0.1) is 13.7 Å². The van der Waals surface area contributed by atoms with E-state index in [9.17, 15) is 9.59 Å². The van der Waals surface area contributed by atoms with Crippen LogP contribution in [0.2, 0.25) is 0 Å². The van der Waals surface area contributed by atoms with Gasteiger partial charge in [-0.3, -0.25) is 14.6 Å². The van der Waals surface area contributed by atoms with Crippen LogP contribution in [0.5, 0.6) is 5.75 Å². The van der Waals surface area contributed by atoms with Crippen molar-refractivity contribution in [2.24, 2.45) is 10.9 Å². The number of hydrogen-bond acceptors (Lipinski definition) is 5. The molecule has 1 atom stereocenters. The molecule has 3 aliphatic heterocycles. The molecule has 0 saturated carbocycles. The second-order valence-electron chi connectivity index (χ2n) is 7.70. The first-order chi connectivity index (χ1) is 13.4. The van der Waals surface area contributed by atoms with Crippen molar-refractivity contribution in [3.63, 3.8) is 0 Å². The van der Waals surface area contributed by atoms with Gasteiger partial charge in [-0.05, 0) is 24.5 Å². The van der Waals surface area contributed by atoms with Crippen LogP contribution in [0.1, 0.15) is 20.3 Å². The largest absolute Gasteiger partial charge is 0.493 e. The molecule has 3 amide bonds. The molecule has 1 unspecified atom stereocenters. The number of aliphatic imine (C=N–C) groups is 1. The molecule has 8 heteroatoms. The molecule has 1 aromatic rings. The van der Waals surface area contributed by atoms with Crippen LogP contribution >= 0.6 is 0 Å². The number of urea groups is 1. The van der Waals surface area contributed by atoms with Gasteiger partial charge in [0.2, 0.25) is 11.9 Å². The maximum Gasteiger partial charge on any atom is 0.397 e. The number of fused-ring (bicyclic) bond motifs is 2. The molecule has 4 rings (SSSR count). The van der Waals surface area contributed by atoms with Crippen LogP contribution in [0, 0.1) is 5.92 Å². The number of anilines is 1. The number of ether oxygens (including phenoxy) is 1. The smallest absolute Gasteiger partial charge is 0.397 e. The van der Waals surface area contributed by atoms with Crippen LogP contribution in [0.15, 0.2) is 29.3 Å². The summed E-state index contributed by atoms with van der Waals surface area (Å²) < 4.78 is 7.49. The minimum atomic E-state index is -0.537. The Bertz CT molecular complexity index is 892. The molecule has 1 saturated heterocycles. The Morgan fingerprint density at radius 2 is 2.04 bits per heavy atom. The van der Waals surface area contributed by atoms with E-state index in [1.54, 1.807) is 14.2 Å². The zero-order valence-electron chi connectivity index (χ0n) is 16.8. The van der Waals surface area contributed by atoms with Crippen LogP contribution in [-0.2, 0) is 4.79 Å². The highest BCUT2D eigenvalue weighted by Gasteiger charge is 2.55. The molecular weight excluding hydrogens is 358 g/mol. The van der Waals surface area contributed by atoms with Gasteiger partial charge in [-0.15, -0.1) is 0 Å². The number of imide groups is 1. The summed E-state index contributed by atoms with van der Waals surface area (Å²) in [5, 5.41) is 0. The summed E-state index contributed by atoms with van der Waals surface area (Å²) in [7, 11) is 3.33. The molecule has 0 bridgehead atoms. The van der Waals surface area contributed by atoms with E-state index < -0.39 is 6.04 Å². The highest BCUT2D eigenvalue weighted by atomic mass is 16.5. The Hall–Kier alpha value is -2.90. The van der Waals surface area contributed by atoms with E-state index in [2.05, 4.69) is 13.8 Å². The first-order valence-corrected chi connectivity index (χ1v) is 9.65. The Kier molecular flexibility index (Phi) is 4.56. The summed E-state index contributed by atoms with van der Waals surface area (Å²) in [4.78, 5) is 35.6. The minimum absolute atomic E-state index is 0.181. The lowest BCUT2D eigenvalue weighted by molar-refractivity contribution is -0.525. The van der Waals surface area contributed by atoms with Crippen molar-refractivity contribution in [3.8, 4) is 5.75 Å². The molecule has 0 N–H and O–H groups in total. The standard InChI is InChI=1S/C20H26N5O3/c1-13(2)9-10-25-18(26)16-17(22(3)20(25)27)21-19-23(11-12-24(16)19)14-7-5-6-8-15(14)28-4/h5-8,13,16H,9-12H2,1-4H3/q+1. The third kappa shape index (κ3) is 2.75. The van der Waals surface area contributed by atoms with Crippen LogP contribution in [0.3, 0.4) is 0 Å². The number of para-hydroxylation sites is 2. The van der Waals surface area contributed by atoms with Crippen LogP contribution < -0.4 is 9.64 Å². The molecule has 28 heavy (non-hydrogen) atoms. The lowest BCUT2D eigenvalue weighted by Gasteiger charge is -2.34. The fourth-order valence-corrected chi connectivity index (χ4v) is 3.93. The predicted molar refractivity (Wildman–Crippen MR) is 106 cm³/mol. The fraction of sp³-hybridized carbons (Fsp3) is 0.500. The Morgan fingerprint density at radius 3 is 2.75 bits per heavy atom. The second kappa shape index (κ2) is 6.92. The first-order valence-electron chi connectivity index (χ1n) is 9.65. The number of benzene rings is 1. The summed E-state index contributed by atoms with van der Waals surface area (Å²) >= 11 is 0. The Morgan fingerprint density at radius 1 is 1.29 bits per heavy atom. The zero-order chi connectivity index (χ0) is 20.0. The molecule has 8 nitrogen and oxygen atoms in total. The number of guanidine groups is 1. The summed E-state index contributed by atoms with van der Waals surface area (Å²) in [6.45, 7) is 5.98. The normalized spacial score (nSPS) is 21.5. The van der Waals surface area contributed by atoms with Crippen molar-refractivity contribution >= 4 is 29.4 Å². The summed E-state index contributed by atoms with van der Waals surface area (Å²) in [5.74, 6) is 2.19. The van der Waals surface area contributed by atoms with Gasteiger partial charge in [0.15, 0.2) is 5.75 Å². The van der Waals surface area contributed by atoms with Gasteiger partial charge in [0.1, 0.15) is 12.2 Å². The maximum absolute atomic E-state index is 13.2. The molecule has 0 radical (unpaired) electrons. The SMILES string of the molecule is COc1ccccc1N1CC[N+]2=C1N=C1C2C(=O)N(CCC(C)C)C(=O)N1C. The maximum atomic E-state index is 13.2. The fourth-order valence-electron chi connectivity index (χ4n) is 3.93.